The Morgan fingerprint density at radius 3 is 1.03 bits per heavy atom. The minimum absolute atomic E-state index is 0.0510. The summed E-state index contributed by atoms with van der Waals surface area (Å²) >= 11 is 8.93. The van der Waals surface area contributed by atoms with Crippen LogP contribution < -0.4 is 0 Å². The van der Waals surface area contributed by atoms with Crippen LogP contribution >= 0.6 is 43.6 Å². The summed E-state index contributed by atoms with van der Waals surface area (Å²) in [4.78, 5) is 0. The molecular formula is C28H18Br2N2S. The third-order valence-electron chi connectivity index (χ3n) is 5.30. The topological polar surface area (TPSA) is 47.6 Å². The summed E-state index contributed by atoms with van der Waals surface area (Å²) < 4.78 is 2.07. The molecule has 0 aromatic heterocycles. The molecule has 5 heteroatoms. The minimum atomic E-state index is 0.0510. The van der Waals surface area contributed by atoms with E-state index >= 15 is 0 Å². The van der Waals surface area contributed by atoms with Crippen LogP contribution in [0.1, 0.15) is 43.9 Å². The van der Waals surface area contributed by atoms with Crippen LogP contribution in [0.2, 0.25) is 0 Å². The maximum absolute atomic E-state index is 9.24. The molecule has 0 spiro atoms. The lowest BCUT2D eigenvalue weighted by Gasteiger charge is -2.25. The first kappa shape index (κ1) is 23.3. The van der Waals surface area contributed by atoms with E-state index in [1.807, 2.05) is 60.3 Å². The van der Waals surface area contributed by atoms with Gasteiger partial charge in [0.1, 0.15) is 0 Å². The molecule has 0 heterocycles. The lowest BCUT2D eigenvalue weighted by atomic mass is 10.0. The molecule has 0 saturated carbocycles. The number of benzene rings is 4. The van der Waals surface area contributed by atoms with Gasteiger partial charge in [-0.1, -0.05) is 80.4 Å². The molecule has 0 N–H and O–H groups in total. The number of rotatable bonds is 6. The second kappa shape index (κ2) is 10.9. The average Bonchev–Trinajstić information content (AvgIpc) is 2.86. The van der Waals surface area contributed by atoms with Crippen molar-refractivity contribution >= 4 is 43.6 Å². The molecule has 0 saturated heterocycles. The molecule has 0 fully saturated rings. The molecule has 2 unspecified atom stereocenters. The van der Waals surface area contributed by atoms with Crippen molar-refractivity contribution in [3.8, 4) is 12.1 Å². The Morgan fingerprint density at radius 2 is 0.758 bits per heavy atom. The van der Waals surface area contributed by atoms with E-state index in [9.17, 15) is 10.5 Å². The van der Waals surface area contributed by atoms with Crippen molar-refractivity contribution in [2.75, 3.05) is 0 Å². The van der Waals surface area contributed by atoms with Gasteiger partial charge in [-0.15, -0.1) is 11.8 Å². The zero-order valence-corrected chi connectivity index (χ0v) is 21.4. The smallest absolute Gasteiger partial charge is 0.0991 e. The highest BCUT2D eigenvalue weighted by molar-refractivity contribution is 9.10. The van der Waals surface area contributed by atoms with E-state index in [1.165, 1.54) is 11.1 Å². The second-order valence-corrected chi connectivity index (χ2v) is 10.5. The van der Waals surface area contributed by atoms with E-state index in [1.54, 1.807) is 0 Å². The zero-order chi connectivity index (χ0) is 23.2. The van der Waals surface area contributed by atoms with Gasteiger partial charge in [0.2, 0.25) is 0 Å². The molecule has 0 amide bonds. The third-order valence-corrected chi connectivity index (χ3v) is 7.99. The van der Waals surface area contributed by atoms with Gasteiger partial charge in [-0.3, -0.25) is 0 Å². The Kier molecular flexibility index (Phi) is 7.68. The van der Waals surface area contributed by atoms with Crippen LogP contribution in [0.15, 0.2) is 106 Å². The first-order valence-corrected chi connectivity index (χ1v) is 12.8. The predicted octanol–water partition coefficient (Wildman–Crippen LogP) is 8.57. The molecule has 4 rings (SSSR count). The van der Waals surface area contributed by atoms with Gasteiger partial charge >= 0.3 is 0 Å². The van der Waals surface area contributed by atoms with Crippen molar-refractivity contribution < 1.29 is 0 Å². The maximum atomic E-state index is 9.24. The van der Waals surface area contributed by atoms with Crippen molar-refractivity contribution in [3.05, 3.63) is 139 Å². The number of hydrogen-bond donors (Lipinski definition) is 0. The fraction of sp³-hybridized carbons (Fsp3) is 0.0714. The van der Waals surface area contributed by atoms with Crippen molar-refractivity contribution in [2.45, 2.75) is 10.5 Å². The number of nitrogens with zero attached hydrogens (tertiary/aromatic N) is 2. The molecule has 4 aromatic carbocycles. The Hall–Kier alpha value is -2.83. The van der Waals surface area contributed by atoms with Crippen molar-refractivity contribution in [1.29, 1.82) is 10.5 Å². The van der Waals surface area contributed by atoms with Gasteiger partial charge in [-0.05, 0) is 70.8 Å². The minimum Gasteiger partial charge on any atom is -0.192 e. The zero-order valence-electron chi connectivity index (χ0n) is 17.5. The van der Waals surface area contributed by atoms with Crippen LogP contribution in [0.4, 0.5) is 0 Å². The maximum Gasteiger partial charge on any atom is 0.0991 e. The van der Waals surface area contributed by atoms with E-state index in [0.29, 0.717) is 11.1 Å². The molecule has 0 aliphatic heterocycles. The molecule has 2 nitrogen and oxygen atoms in total. The fourth-order valence-corrected chi connectivity index (χ4v) is 5.63. The van der Waals surface area contributed by atoms with Crippen LogP contribution in [0.25, 0.3) is 0 Å². The Labute approximate surface area is 215 Å². The van der Waals surface area contributed by atoms with Gasteiger partial charge in [0.05, 0.1) is 33.8 Å². The van der Waals surface area contributed by atoms with Crippen molar-refractivity contribution in [1.82, 2.24) is 0 Å². The van der Waals surface area contributed by atoms with Crippen molar-refractivity contribution in [3.63, 3.8) is 0 Å². The van der Waals surface area contributed by atoms with Crippen LogP contribution in [-0.2, 0) is 0 Å². The van der Waals surface area contributed by atoms with Crippen LogP contribution in [0, 0.1) is 22.7 Å². The van der Waals surface area contributed by atoms with Gasteiger partial charge in [0.15, 0.2) is 0 Å². The Morgan fingerprint density at radius 1 is 0.485 bits per heavy atom. The number of thioether (sulfide) groups is 1. The monoisotopic (exact) mass is 572 g/mol. The van der Waals surface area contributed by atoms with Crippen molar-refractivity contribution in [2.24, 2.45) is 0 Å². The van der Waals surface area contributed by atoms with Crippen LogP contribution in [-0.4, -0.2) is 0 Å². The highest BCUT2D eigenvalue weighted by Gasteiger charge is 2.24. The normalized spacial score (nSPS) is 12.4. The summed E-state index contributed by atoms with van der Waals surface area (Å²) in [5, 5.41) is 18.6. The van der Waals surface area contributed by atoms with Gasteiger partial charge in [0.25, 0.3) is 0 Å². The SMILES string of the molecule is N#Cc1ccc(C(SC(c2ccc(Br)cc2)c2ccc(C#N)cc2)c2ccc(Br)cc2)cc1. The quantitative estimate of drug-likeness (QED) is 0.232. The van der Waals surface area contributed by atoms with Crippen LogP contribution in [0.5, 0.6) is 0 Å². The molecule has 160 valence electrons. The fourth-order valence-electron chi connectivity index (χ4n) is 3.58. The predicted molar refractivity (Wildman–Crippen MR) is 142 cm³/mol. The van der Waals surface area contributed by atoms with E-state index < -0.39 is 0 Å². The summed E-state index contributed by atoms with van der Waals surface area (Å²) in [6, 6.07) is 36.8. The Balaban J connectivity index is 1.80. The number of nitriles is 2. The van der Waals surface area contributed by atoms with Gasteiger partial charge in [-0.25, -0.2) is 0 Å². The lowest BCUT2D eigenvalue weighted by molar-refractivity contribution is 1.09. The first-order chi connectivity index (χ1) is 16.1. The third kappa shape index (κ3) is 5.75. The molecular weight excluding hydrogens is 556 g/mol. The number of hydrogen-bond acceptors (Lipinski definition) is 3. The number of halogens is 2. The molecule has 0 bridgehead atoms. The molecule has 0 radical (unpaired) electrons. The molecule has 0 aliphatic carbocycles. The van der Waals surface area contributed by atoms with E-state index in [4.69, 9.17) is 0 Å². The second-order valence-electron chi connectivity index (χ2n) is 7.47. The highest BCUT2D eigenvalue weighted by Crippen LogP contribution is 2.48. The van der Waals surface area contributed by atoms with Crippen LogP contribution in [0.3, 0.4) is 0 Å². The molecule has 33 heavy (non-hydrogen) atoms. The largest absolute Gasteiger partial charge is 0.192 e. The summed E-state index contributed by atoms with van der Waals surface area (Å²) in [6.45, 7) is 0. The van der Waals surface area contributed by atoms with Gasteiger partial charge in [-0.2, -0.15) is 10.5 Å². The van der Waals surface area contributed by atoms with Gasteiger partial charge < -0.3 is 0 Å². The summed E-state index contributed by atoms with van der Waals surface area (Å²) in [7, 11) is 0. The van der Waals surface area contributed by atoms with E-state index in [0.717, 1.165) is 20.1 Å². The van der Waals surface area contributed by atoms with Gasteiger partial charge in [0, 0.05) is 8.95 Å². The Bertz CT molecular complexity index is 1200. The van der Waals surface area contributed by atoms with E-state index in [-0.39, 0.29) is 10.5 Å². The van der Waals surface area contributed by atoms with E-state index in [2.05, 4.69) is 92.5 Å². The molecule has 2 atom stereocenters. The first-order valence-electron chi connectivity index (χ1n) is 10.2. The molecule has 0 aliphatic rings. The lowest BCUT2D eigenvalue weighted by Crippen LogP contribution is -2.04. The summed E-state index contributed by atoms with van der Waals surface area (Å²) in [5.41, 5.74) is 5.94. The summed E-state index contributed by atoms with van der Waals surface area (Å²) in [5.74, 6) is 0. The standard InChI is InChI=1S/C28H18Br2N2S/c29-25-13-9-23(10-14-25)27(21-5-1-19(17-31)2-6-21)33-28(24-11-15-26(30)16-12-24)22-7-3-20(18-32)4-8-22/h1-16,27-28H. The summed E-state index contributed by atoms with van der Waals surface area (Å²) in [6.07, 6.45) is 0. The molecule has 4 aromatic rings. The average molecular weight is 574 g/mol. The highest BCUT2D eigenvalue weighted by atomic mass is 79.9.